The van der Waals surface area contributed by atoms with E-state index in [2.05, 4.69) is 6.92 Å². The number of unbranched alkanes of at least 4 members (excludes halogenated alkanes) is 2. The van der Waals surface area contributed by atoms with Crippen LogP contribution in [0.15, 0.2) is 22.8 Å². The zero-order valence-corrected chi connectivity index (χ0v) is 9.86. The zero-order valence-electron chi connectivity index (χ0n) is 9.86. The van der Waals surface area contributed by atoms with Crippen LogP contribution in [0.2, 0.25) is 0 Å². The highest BCUT2D eigenvalue weighted by molar-refractivity contribution is 6.08. The van der Waals surface area contributed by atoms with Gasteiger partial charge in [0.15, 0.2) is 5.76 Å². The van der Waals surface area contributed by atoms with E-state index in [0.717, 1.165) is 19.3 Å². The third-order valence-corrected chi connectivity index (χ3v) is 2.67. The molecule has 1 aromatic rings. The maximum Gasteiger partial charge on any atom is 0.208 e. The number of Topliss-reactive ketones (excluding diaryl/α,β-unsaturated/α-hetero) is 2. The van der Waals surface area contributed by atoms with Crippen LogP contribution in [0.25, 0.3) is 0 Å². The van der Waals surface area contributed by atoms with E-state index in [1.807, 2.05) is 0 Å². The smallest absolute Gasteiger partial charge is 0.208 e. The van der Waals surface area contributed by atoms with Gasteiger partial charge in [0.05, 0.1) is 12.2 Å². The fourth-order valence-electron chi connectivity index (χ4n) is 1.54. The van der Waals surface area contributed by atoms with Crippen LogP contribution in [0.3, 0.4) is 0 Å². The minimum Gasteiger partial charge on any atom is -0.461 e. The second-order valence-corrected chi connectivity index (χ2v) is 3.99. The Morgan fingerprint density at radius 1 is 1.38 bits per heavy atom. The molecule has 3 heteroatoms. The van der Waals surface area contributed by atoms with Gasteiger partial charge in [0.1, 0.15) is 5.78 Å². The molecule has 1 heterocycles. The van der Waals surface area contributed by atoms with Crippen molar-refractivity contribution in [3.8, 4) is 0 Å². The number of hydrogen-bond donors (Lipinski definition) is 0. The summed E-state index contributed by atoms with van der Waals surface area (Å²) in [5.41, 5.74) is 0. The molecule has 0 aliphatic heterocycles. The third kappa shape index (κ3) is 3.33. The number of hydrogen-bond acceptors (Lipinski definition) is 3. The minimum absolute atomic E-state index is 0.00912. The molecule has 16 heavy (non-hydrogen) atoms. The summed E-state index contributed by atoms with van der Waals surface area (Å²) in [4.78, 5) is 23.5. The monoisotopic (exact) mass is 222 g/mol. The van der Waals surface area contributed by atoms with E-state index < -0.39 is 5.92 Å². The van der Waals surface area contributed by atoms with E-state index in [1.165, 1.54) is 6.26 Å². The van der Waals surface area contributed by atoms with Crippen LogP contribution >= 0.6 is 0 Å². The lowest BCUT2D eigenvalue weighted by Gasteiger charge is -2.07. The molecular formula is C13H18O3. The van der Waals surface area contributed by atoms with Crippen LogP contribution in [0.1, 0.15) is 50.1 Å². The fraction of sp³-hybridized carbons (Fsp3) is 0.538. The van der Waals surface area contributed by atoms with Crippen LogP contribution < -0.4 is 0 Å². The van der Waals surface area contributed by atoms with E-state index in [1.54, 1.807) is 19.1 Å². The molecule has 0 aliphatic rings. The molecule has 1 atom stereocenters. The number of carbonyl (C=O) groups is 2. The first-order valence-electron chi connectivity index (χ1n) is 5.77. The maximum atomic E-state index is 11.8. The van der Waals surface area contributed by atoms with Crippen LogP contribution in [-0.2, 0) is 4.79 Å². The van der Waals surface area contributed by atoms with Gasteiger partial charge in [-0.05, 0) is 25.5 Å². The van der Waals surface area contributed by atoms with Crippen molar-refractivity contribution in [1.82, 2.24) is 0 Å². The Bertz CT molecular complexity index is 338. The Morgan fingerprint density at radius 2 is 2.12 bits per heavy atom. The fourth-order valence-corrected chi connectivity index (χ4v) is 1.54. The predicted molar refractivity (Wildman–Crippen MR) is 61.4 cm³/mol. The predicted octanol–water partition coefficient (Wildman–Crippen LogP) is 3.25. The average molecular weight is 222 g/mol. The summed E-state index contributed by atoms with van der Waals surface area (Å²) in [5.74, 6) is -0.513. The van der Waals surface area contributed by atoms with Gasteiger partial charge in [-0.1, -0.05) is 19.8 Å². The summed E-state index contributed by atoms with van der Waals surface area (Å²) in [7, 11) is 0. The van der Waals surface area contributed by atoms with Crippen LogP contribution in [0.4, 0.5) is 0 Å². The van der Waals surface area contributed by atoms with Gasteiger partial charge in [-0.25, -0.2) is 0 Å². The summed E-state index contributed by atoms with van der Waals surface area (Å²) >= 11 is 0. The Kier molecular flexibility index (Phi) is 4.96. The molecule has 0 aliphatic carbocycles. The Hall–Kier alpha value is -1.38. The summed E-state index contributed by atoms with van der Waals surface area (Å²) in [6, 6.07) is 3.25. The van der Waals surface area contributed by atoms with Gasteiger partial charge in [0.25, 0.3) is 0 Å². The zero-order chi connectivity index (χ0) is 12.0. The molecule has 0 saturated carbocycles. The van der Waals surface area contributed by atoms with Crippen molar-refractivity contribution >= 4 is 11.6 Å². The Morgan fingerprint density at radius 3 is 2.69 bits per heavy atom. The van der Waals surface area contributed by atoms with E-state index in [-0.39, 0.29) is 17.3 Å². The third-order valence-electron chi connectivity index (χ3n) is 2.67. The average Bonchev–Trinajstić information content (AvgIpc) is 2.80. The molecule has 88 valence electrons. The van der Waals surface area contributed by atoms with Crippen molar-refractivity contribution in [2.45, 2.75) is 39.5 Å². The van der Waals surface area contributed by atoms with Gasteiger partial charge in [-0.3, -0.25) is 9.59 Å². The molecule has 0 amide bonds. The van der Waals surface area contributed by atoms with Crippen molar-refractivity contribution in [3.05, 3.63) is 24.2 Å². The summed E-state index contributed by atoms with van der Waals surface area (Å²) < 4.78 is 4.99. The lowest BCUT2D eigenvalue weighted by molar-refractivity contribution is -0.121. The number of rotatable bonds is 7. The number of ketones is 2. The van der Waals surface area contributed by atoms with Crippen molar-refractivity contribution in [3.63, 3.8) is 0 Å². The molecular weight excluding hydrogens is 204 g/mol. The summed E-state index contributed by atoms with van der Waals surface area (Å²) in [6.45, 7) is 3.74. The van der Waals surface area contributed by atoms with E-state index >= 15 is 0 Å². The van der Waals surface area contributed by atoms with Crippen molar-refractivity contribution in [2.75, 3.05) is 0 Å². The van der Waals surface area contributed by atoms with Crippen molar-refractivity contribution in [1.29, 1.82) is 0 Å². The quantitative estimate of drug-likeness (QED) is 0.404. The lowest BCUT2D eigenvalue weighted by atomic mass is 9.95. The first kappa shape index (κ1) is 12.7. The number of carbonyl (C=O) groups excluding carboxylic acids is 2. The molecule has 3 nitrogen and oxygen atoms in total. The van der Waals surface area contributed by atoms with Gasteiger partial charge in [-0.2, -0.15) is 0 Å². The standard InChI is InChI=1S/C13H18O3/c1-3-4-5-7-11(14)10(2)13(15)12-8-6-9-16-12/h6,8-10H,3-5,7H2,1-2H3. The van der Waals surface area contributed by atoms with Crippen LogP contribution in [0.5, 0.6) is 0 Å². The van der Waals surface area contributed by atoms with E-state index in [9.17, 15) is 9.59 Å². The molecule has 1 unspecified atom stereocenters. The molecule has 0 aromatic carbocycles. The maximum absolute atomic E-state index is 11.8. The molecule has 0 saturated heterocycles. The Labute approximate surface area is 95.8 Å². The van der Waals surface area contributed by atoms with Crippen LogP contribution in [0, 0.1) is 5.92 Å². The first-order valence-corrected chi connectivity index (χ1v) is 5.77. The second kappa shape index (κ2) is 6.26. The normalized spacial score (nSPS) is 12.4. The first-order chi connectivity index (χ1) is 7.66. The highest BCUT2D eigenvalue weighted by Gasteiger charge is 2.23. The molecule has 0 N–H and O–H groups in total. The van der Waals surface area contributed by atoms with Crippen molar-refractivity contribution < 1.29 is 14.0 Å². The molecule has 0 spiro atoms. The molecule has 0 bridgehead atoms. The molecule has 1 rings (SSSR count). The SMILES string of the molecule is CCCCCC(=O)C(C)C(=O)c1ccco1. The molecule has 0 fully saturated rings. The largest absolute Gasteiger partial charge is 0.461 e. The van der Waals surface area contributed by atoms with Gasteiger partial charge >= 0.3 is 0 Å². The number of furan rings is 1. The second-order valence-electron chi connectivity index (χ2n) is 3.99. The van der Waals surface area contributed by atoms with E-state index in [4.69, 9.17) is 4.42 Å². The van der Waals surface area contributed by atoms with Gasteiger partial charge < -0.3 is 4.42 Å². The van der Waals surface area contributed by atoms with Crippen molar-refractivity contribution in [2.24, 2.45) is 5.92 Å². The van der Waals surface area contributed by atoms with Gasteiger partial charge in [0.2, 0.25) is 5.78 Å². The van der Waals surface area contributed by atoms with Gasteiger partial charge in [0, 0.05) is 6.42 Å². The summed E-state index contributed by atoms with van der Waals surface area (Å²) in [6.07, 6.45) is 4.91. The summed E-state index contributed by atoms with van der Waals surface area (Å²) in [5, 5.41) is 0. The van der Waals surface area contributed by atoms with E-state index in [0.29, 0.717) is 6.42 Å². The van der Waals surface area contributed by atoms with Crippen LogP contribution in [-0.4, -0.2) is 11.6 Å². The topological polar surface area (TPSA) is 47.3 Å². The lowest BCUT2D eigenvalue weighted by Crippen LogP contribution is -2.20. The molecule has 1 aromatic heterocycles. The highest BCUT2D eigenvalue weighted by atomic mass is 16.3. The van der Waals surface area contributed by atoms with Gasteiger partial charge in [-0.15, -0.1) is 0 Å². The highest BCUT2D eigenvalue weighted by Crippen LogP contribution is 2.13. The molecule has 0 radical (unpaired) electrons. The Balaban J connectivity index is 2.47. The minimum atomic E-state index is -0.581.